The second-order valence-electron chi connectivity index (χ2n) is 5.37. The Labute approximate surface area is 154 Å². The van der Waals surface area contributed by atoms with Crippen LogP contribution < -0.4 is 5.32 Å². The fourth-order valence-electron chi connectivity index (χ4n) is 2.27. The molecule has 6 nitrogen and oxygen atoms in total. The summed E-state index contributed by atoms with van der Waals surface area (Å²) >= 11 is 7.16. The molecular formula is C17H16ClN5OS. The fourth-order valence-corrected chi connectivity index (χ4v) is 3.14. The van der Waals surface area contributed by atoms with Gasteiger partial charge in [-0.15, -0.1) is 0 Å². The third kappa shape index (κ3) is 4.37. The lowest BCUT2D eigenvalue weighted by Gasteiger charge is -2.09. The van der Waals surface area contributed by atoms with Crippen LogP contribution in [0.4, 0.5) is 5.69 Å². The first-order valence-electron chi connectivity index (χ1n) is 7.56. The van der Waals surface area contributed by atoms with Gasteiger partial charge < -0.3 is 5.32 Å². The van der Waals surface area contributed by atoms with E-state index in [-0.39, 0.29) is 11.7 Å². The van der Waals surface area contributed by atoms with Gasteiger partial charge in [0.05, 0.1) is 11.4 Å². The van der Waals surface area contributed by atoms with Gasteiger partial charge in [0.2, 0.25) is 5.91 Å². The average molecular weight is 374 g/mol. The van der Waals surface area contributed by atoms with Crippen LogP contribution in [0.3, 0.4) is 0 Å². The summed E-state index contributed by atoms with van der Waals surface area (Å²) < 4.78 is 1.74. The molecule has 3 aromatic rings. The number of aromatic nitrogens is 4. The summed E-state index contributed by atoms with van der Waals surface area (Å²) in [5.41, 5.74) is 2.57. The molecule has 0 radical (unpaired) electrons. The van der Waals surface area contributed by atoms with Crippen molar-refractivity contribution in [1.82, 2.24) is 19.7 Å². The molecule has 2 heterocycles. The number of nitrogens with one attached hydrogen (secondary N) is 1. The highest BCUT2D eigenvalue weighted by Gasteiger charge is 2.13. The van der Waals surface area contributed by atoms with Crippen molar-refractivity contribution in [2.24, 2.45) is 0 Å². The van der Waals surface area contributed by atoms with E-state index < -0.39 is 0 Å². The largest absolute Gasteiger partial charge is 0.325 e. The molecule has 25 heavy (non-hydrogen) atoms. The van der Waals surface area contributed by atoms with Crippen molar-refractivity contribution in [3.63, 3.8) is 0 Å². The van der Waals surface area contributed by atoms with Gasteiger partial charge >= 0.3 is 0 Å². The number of carbonyl (C=O) groups is 1. The summed E-state index contributed by atoms with van der Waals surface area (Å²) in [4.78, 5) is 20.9. The highest BCUT2D eigenvalue weighted by Crippen LogP contribution is 2.23. The predicted molar refractivity (Wildman–Crippen MR) is 99.4 cm³/mol. The highest BCUT2D eigenvalue weighted by atomic mass is 35.5. The molecule has 3 rings (SSSR count). The van der Waals surface area contributed by atoms with Crippen LogP contribution in [-0.2, 0) is 4.79 Å². The molecule has 8 heteroatoms. The van der Waals surface area contributed by atoms with Crippen LogP contribution in [0.1, 0.15) is 11.4 Å². The van der Waals surface area contributed by atoms with E-state index in [1.165, 1.54) is 11.8 Å². The monoisotopic (exact) mass is 373 g/mol. The van der Waals surface area contributed by atoms with E-state index in [1.54, 1.807) is 41.3 Å². The lowest BCUT2D eigenvalue weighted by Crippen LogP contribution is -2.14. The molecule has 2 aromatic heterocycles. The maximum atomic E-state index is 12.2. The molecule has 0 fully saturated rings. The van der Waals surface area contributed by atoms with Gasteiger partial charge in [0.25, 0.3) is 0 Å². The Morgan fingerprint density at radius 2 is 1.92 bits per heavy atom. The number of anilines is 1. The molecule has 0 bridgehead atoms. The topological polar surface area (TPSA) is 72.7 Å². The molecule has 0 aliphatic heterocycles. The van der Waals surface area contributed by atoms with E-state index in [1.807, 2.05) is 19.9 Å². The summed E-state index contributed by atoms with van der Waals surface area (Å²) in [6, 6.07) is 8.95. The average Bonchev–Trinajstić information content (AvgIpc) is 2.93. The minimum Gasteiger partial charge on any atom is -0.325 e. The number of nitrogens with zero attached hydrogens (tertiary/aromatic N) is 4. The number of halogens is 1. The van der Waals surface area contributed by atoms with Crippen LogP contribution in [0, 0.1) is 13.8 Å². The van der Waals surface area contributed by atoms with Gasteiger partial charge in [-0.2, -0.15) is 5.10 Å². The normalized spacial score (nSPS) is 10.7. The maximum Gasteiger partial charge on any atom is 0.234 e. The Morgan fingerprint density at radius 3 is 2.60 bits per heavy atom. The first kappa shape index (κ1) is 17.4. The molecule has 0 aliphatic carbocycles. The summed E-state index contributed by atoms with van der Waals surface area (Å²) in [6.07, 6.45) is 3.22. The first-order chi connectivity index (χ1) is 12.0. The molecule has 0 unspecified atom stereocenters. The fraction of sp³-hybridized carbons (Fsp3) is 0.176. The minimum absolute atomic E-state index is 0.128. The van der Waals surface area contributed by atoms with Gasteiger partial charge in [0.15, 0.2) is 5.82 Å². The van der Waals surface area contributed by atoms with Crippen LogP contribution in [0.5, 0.6) is 0 Å². The van der Waals surface area contributed by atoms with Crippen LogP contribution >= 0.6 is 23.4 Å². The Hall–Kier alpha value is -2.38. The van der Waals surface area contributed by atoms with E-state index >= 15 is 0 Å². The van der Waals surface area contributed by atoms with Gasteiger partial charge in [0, 0.05) is 28.8 Å². The summed E-state index contributed by atoms with van der Waals surface area (Å²) in [7, 11) is 0. The van der Waals surface area contributed by atoms with Crippen molar-refractivity contribution in [3.05, 3.63) is 59.1 Å². The highest BCUT2D eigenvalue weighted by molar-refractivity contribution is 8.00. The molecule has 1 amide bonds. The zero-order chi connectivity index (χ0) is 17.8. The molecule has 0 atom stereocenters. The third-order valence-corrected chi connectivity index (χ3v) is 4.54. The molecule has 0 saturated carbocycles. The number of hydrogen-bond donors (Lipinski definition) is 1. The van der Waals surface area contributed by atoms with Crippen molar-refractivity contribution in [2.45, 2.75) is 18.9 Å². The molecule has 1 aromatic carbocycles. The number of carbonyl (C=O) groups excluding carboxylic acids is 1. The molecule has 0 spiro atoms. The smallest absolute Gasteiger partial charge is 0.234 e. The molecule has 0 aliphatic rings. The summed E-state index contributed by atoms with van der Waals surface area (Å²) in [5.74, 6) is 0.711. The lowest BCUT2D eigenvalue weighted by molar-refractivity contribution is -0.113. The summed E-state index contributed by atoms with van der Waals surface area (Å²) in [5, 5.41) is 8.54. The van der Waals surface area contributed by atoms with Crippen LogP contribution in [0.2, 0.25) is 5.02 Å². The second-order valence-corrected chi connectivity index (χ2v) is 6.77. The molecule has 0 saturated heterocycles. The predicted octanol–water partition coefficient (Wildman–Crippen LogP) is 3.66. The van der Waals surface area contributed by atoms with Crippen LogP contribution in [0.15, 0.2) is 47.8 Å². The number of hydrogen-bond acceptors (Lipinski definition) is 5. The second kappa shape index (κ2) is 7.67. The SMILES string of the molecule is Cc1cc(C)n(-c2nccnc2SCC(=O)Nc2ccc(Cl)cc2)n1. The van der Waals surface area contributed by atoms with Crippen molar-refractivity contribution < 1.29 is 4.79 Å². The molecule has 128 valence electrons. The zero-order valence-electron chi connectivity index (χ0n) is 13.7. The Morgan fingerprint density at radius 1 is 1.20 bits per heavy atom. The quantitative estimate of drug-likeness (QED) is 0.691. The van der Waals surface area contributed by atoms with Gasteiger partial charge in [-0.3, -0.25) is 4.79 Å². The number of thioether (sulfide) groups is 1. The van der Waals surface area contributed by atoms with Crippen molar-refractivity contribution >= 4 is 35.0 Å². The minimum atomic E-state index is -0.128. The van der Waals surface area contributed by atoms with E-state index in [4.69, 9.17) is 11.6 Å². The Bertz CT molecular complexity index is 894. The van der Waals surface area contributed by atoms with E-state index in [9.17, 15) is 4.79 Å². The van der Waals surface area contributed by atoms with E-state index in [0.29, 0.717) is 21.6 Å². The summed E-state index contributed by atoms with van der Waals surface area (Å²) in [6.45, 7) is 3.88. The van der Waals surface area contributed by atoms with Crippen molar-refractivity contribution in [3.8, 4) is 5.82 Å². The van der Waals surface area contributed by atoms with Crippen LogP contribution in [-0.4, -0.2) is 31.4 Å². The lowest BCUT2D eigenvalue weighted by atomic mass is 10.3. The number of benzene rings is 1. The first-order valence-corrected chi connectivity index (χ1v) is 8.92. The van der Waals surface area contributed by atoms with E-state index in [0.717, 1.165) is 11.4 Å². The third-order valence-electron chi connectivity index (χ3n) is 3.32. The molecular weight excluding hydrogens is 358 g/mol. The number of aryl methyl sites for hydroxylation is 2. The number of rotatable bonds is 5. The zero-order valence-corrected chi connectivity index (χ0v) is 15.3. The standard InChI is InChI=1S/C17H16ClN5OS/c1-11-9-12(2)23(22-11)16-17(20-8-7-19-16)25-10-15(24)21-14-5-3-13(18)4-6-14/h3-9H,10H2,1-2H3,(H,21,24). The maximum absolute atomic E-state index is 12.2. The van der Waals surface area contributed by atoms with Crippen molar-refractivity contribution in [2.75, 3.05) is 11.1 Å². The van der Waals surface area contributed by atoms with Gasteiger partial charge in [0.1, 0.15) is 5.03 Å². The van der Waals surface area contributed by atoms with Gasteiger partial charge in [-0.25, -0.2) is 14.6 Å². The molecule has 1 N–H and O–H groups in total. The van der Waals surface area contributed by atoms with Crippen molar-refractivity contribution in [1.29, 1.82) is 0 Å². The Kier molecular flexibility index (Phi) is 5.35. The Balaban J connectivity index is 1.70. The van der Waals surface area contributed by atoms with Crippen LogP contribution in [0.25, 0.3) is 5.82 Å². The van der Waals surface area contributed by atoms with E-state index in [2.05, 4.69) is 20.4 Å². The van der Waals surface area contributed by atoms with Gasteiger partial charge in [-0.05, 0) is 44.2 Å². The number of amides is 1. The van der Waals surface area contributed by atoms with Gasteiger partial charge in [-0.1, -0.05) is 23.4 Å².